The van der Waals surface area contributed by atoms with Crippen molar-refractivity contribution in [2.24, 2.45) is 11.7 Å². The third-order valence-electron chi connectivity index (χ3n) is 5.84. The summed E-state index contributed by atoms with van der Waals surface area (Å²) in [6.45, 7) is 7.24. The van der Waals surface area contributed by atoms with Gasteiger partial charge in [-0.3, -0.25) is 14.7 Å². The second-order valence-electron chi connectivity index (χ2n) is 7.66. The van der Waals surface area contributed by atoms with E-state index in [0.717, 1.165) is 63.2 Å². The number of carbonyl (C=O) groups is 1. The minimum atomic E-state index is 0.203. The van der Waals surface area contributed by atoms with Crippen LogP contribution in [-0.2, 0) is 25.9 Å². The van der Waals surface area contributed by atoms with E-state index in [1.807, 2.05) is 11.1 Å². The Kier molecular flexibility index (Phi) is 5.57. The van der Waals surface area contributed by atoms with Crippen LogP contribution in [0.25, 0.3) is 0 Å². The van der Waals surface area contributed by atoms with Gasteiger partial charge >= 0.3 is 0 Å². The van der Waals surface area contributed by atoms with Crippen LogP contribution in [0.2, 0.25) is 0 Å². The number of hydrogen-bond donors (Lipinski definition) is 1. The fraction of sp³-hybridized carbons (Fsp3) is 0.524. The van der Waals surface area contributed by atoms with Crippen LogP contribution in [0.1, 0.15) is 45.4 Å². The topological polar surface area (TPSA) is 62.5 Å². The van der Waals surface area contributed by atoms with E-state index in [0.29, 0.717) is 12.5 Å². The molecule has 1 fully saturated rings. The maximum atomic E-state index is 12.9. The average molecular weight is 385 g/mol. The lowest BCUT2D eigenvalue weighted by atomic mass is 10.0. The third-order valence-corrected chi connectivity index (χ3v) is 6.86. The highest BCUT2D eigenvalue weighted by atomic mass is 32.1. The molecule has 0 unspecified atom stereocenters. The number of nitrogens with two attached hydrogens (primary N) is 1. The molecule has 0 bridgehead atoms. The van der Waals surface area contributed by atoms with Gasteiger partial charge in [-0.15, -0.1) is 11.3 Å². The van der Waals surface area contributed by atoms with Crippen LogP contribution in [0.4, 0.5) is 0 Å². The van der Waals surface area contributed by atoms with Crippen molar-refractivity contribution in [2.75, 3.05) is 26.2 Å². The fourth-order valence-electron chi connectivity index (χ4n) is 4.06. The highest BCUT2D eigenvalue weighted by molar-refractivity contribution is 7.10. The van der Waals surface area contributed by atoms with E-state index in [1.54, 1.807) is 11.3 Å². The Balaban J connectivity index is 1.41. The van der Waals surface area contributed by atoms with E-state index in [2.05, 4.69) is 34.3 Å². The lowest BCUT2D eigenvalue weighted by molar-refractivity contribution is 0.0786. The molecule has 1 atom stereocenters. The summed E-state index contributed by atoms with van der Waals surface area (Å²) in [5, 5.41) is 2.07. The van der Waals surface area contributed by atoms with Crippen molar-refractivity contribution in [2.45, 2.75) is 39.3 Å². The lowest BCUT2D eigenvalue weighted by Crippen LogP contribution is -2.33. The van der Waals surface area contributed by atoms with E-state index in [1.165, 1.54) is 16.0 Å². The molecule has 2 aromatic heterocycles. The second-order valence-corrected chi connectivity index (χ2v) is 8.63. The summed E-state index contributed by atoms with van der Waals surface area (Å²) in [6.07, 6.45) is 4.99. The largest absolute Gasteiger partial charge is 0.338 e. The summed E-state index contributed by atoms with van der Waals surface area (Å²) in [5.41, 5.74) is 10.4. The molecule has 2 N–H and O–H groups in total. The van der Waals surface area contributed by atoms with Gasteiger partial charge in [0.25, 0.3) is 5.91 Å². The summed E-state index contributed by atoms with van der Waals surface area (Å²) in [6, 6.07) is 4.31. The molecule has 0 spiro atoms. The lowest BCUT2D eigenvalue weighted by Gasteiger charge is -2.27. The second kappa shape index (κ2) is 8.09. The number of fused-ring (bicyclic) bond motifs is 1. The molecule has 4 rings (SSSR count). The van der Waals surface area contributed by atoms with Gasteiger partial charge in [0, 0.05) is 49.2 Å². The number of aryl methyl sites for hydroxylation is 1. The summed E-state index contributed by atoms with van der Waals surface area (Å²) >= 11 is 1.73. The molecule has 1 saturated heterocycles. The molecule has 0 aliphatic carbocycles. The van der Waals surface area contributed by atoms with Crippen LogP contribution in [0, 0.1) is 5.92 Å². The Morgan fingerprint density at radius 3 is 2.96 bits per heavy atom. The Labute approximate surface area is 165 Å². The number of pyridine rings is 1. The van der Waals surface area contributed by atoms with Gasteiger partial charge in [0.2, 0.25) is 0 Å². The average Bonchev–Trinajstić information content (AvgIpc) is 3.35. The first-order valence-electron chi connectivity index (χ1n) is 9.92. The molecule has 0 aromatic carbocycles. The molecule has 2 aliphatic heterocycles. The molecular weight excluding hydrogens is 356 g/mol. The van der Waals surface area contributed by atoms with Gasteiger partial charge in [0.15, 0.2) is 0 Å². The van der Waals surface area contributed by atoms with Crippen molar-refractivity contribution in [1.82, 2.24) is 14.8 Å². The number of carbonyl (C=O) groups excluding carboxylic acids is 1. The van der Waals surface area contributed by atoms with Crippen molar-refractivity contribution >= 4 is 17.2 Å². The van der Waals surface area contributed by atoms with E-state index < -0.39 is 0 Å². The smallest absolute Gasteiger partial charge is 0.254 e. The number of likely N-dealkylation sites (tertiary alicyclic amines) is 1. The minimum Gasteiger partial charge on any atom is -0.338 e. The van der Waals surface area contributed by atoms with Gasteiger partial charge in [-0.25, -0.2) is 0 Å². The van der Waals surface area contributed by atoms with Gasteiger partial charge in [0.1, 0.15) is 0 Å². The Hall–Kier alpha value is -1.76. The molecule has 4 heterocycles. The van der Waals surface area contributed by atoms with Crippen molar-refractivity contribution in [1.29, 1.82) is 0 Å². The Bertz CT molecular complexity index is 801. The maximum Gasteiger partial charge on any atom is 0.254 e. The van der Waals surface area contributed by atoms with Crippen LogP contribution in [0.5, 0.6) is 0 Å². The normalized spacial score (nSPS) is 20.1. The van der Waals surface area contributed by atoms with Crippen LogP contribution in [0.3, 0.4) is 0 Å². The molecule has 144 valence electrons. The third kappa shape index (κ3) is 3.93. The van der Waals surface area contributed by atoms with Gasteiger partial charge in [0.05, 0.1) is 11.3 Å². The summed E-state index contributed by atoms with van der Waals surface area (Å²) in [4.78, 5) is 23.3. The van der Waals surface area contributed by atoms with Crippen LogP contribution < -0.4 is 5.73 Å². The van der Waals surface area contributed by atoms with Crippen LogP contribution in [0.15, 0.2) is 23.7 Å². The first kappa shape index (κ1) is 18.6. The number of hydrogen-bond acceptors (Lipinski definition) is 5. The Morgan fingerprint density at radius 1 is 1.37 bits per heavy atom. The zero-order valence-electron chi connectivity index (χ0n) is 16.0. The Morgan fingerprint density at radius 2 is 2.26 bits per heavy atom. The molecule has 2 aromatic rings. The molecule has 0 radical (unpaired) electrons. The zero-order valence-corrected chi connectivity index (χ0v) is 16.8. The predicted molar refractivity (Wildman–Crippen MR) is 109 cm³/mol. The fourth-order valence-corrected chi connectivity index (χ4v) is 5.18. The SMILES string of the molecule is CCc1ccc(CN2CCc3c(C(=O)N4CC[C@@H](CN)C4)csc3C2)nc1. The van der Waals surface area contributed by atoms with Gasteiger partial charge in [-0.1, -0.05) is 13.0 Å². The molecule has 6 heteroatoms. The number of amides is 1. The standard InChI is InChI=1S/C21H28N4OS/c1-2-15-3-4-17(23-10-15)12-24-7-6-18-19(14-27-20(18)13-24)21(26)25-8-5-16(9-22)11-25/h3-4,10,14,16H,2,5-9,11-13,22H2,1H3/t16-/m0/s1. The maximum absolute atomic E-state index is 12.9. The van der Waals surface area contributed by atoms with E-state index in [4.69, 9.17) is 5.73 Å². The molecule has 5 nitrogen and oxygen atoms in total. The number of nitrogens with zero attached hydrogens (tertiary/aromatic N) is 3. The number of rotatable bonds is 5. The summed E-state index contributed by atoms with van der Waals surface area (Å²) in [5.74, 6) is 0.666. The van der Waals surface area contributed by atoms with E-state index in [-0.39, 0.29) is 5.91 Å². The minimum absolute atomic E-state index is 0.203. The zero-order chi connectivity index (χ0) is 18.8. The highest BCUT2D eigenvalue weighted by Gasteiger charge is 2.30. The summed E-state index contributed by atoms with van der Waals surface area (Å²) in [7, 11) is 0. The molecule has 2 aliphatic rings. The van der Waals surface area contributed by atoms with Crippen molar-refractivity contribution < 1.29 is 4.79 Å². The number of thiophene rings is 1. The van der Waals surface area contributed by atoms with E-state index >= 15 is 0 Å². The van der Waals surface area contributed by atoms with Crippen LogP contribution >= 0.6 is 11.3 Å². The predicted octanol–water partition coefficient (Wildman–Crippen LogP) is 2.68. The quantitative estimate of drug-likeness (QED) is 0.861. The number of aromatic nitrogens is 1. The van der Waals surface area contributed by atoms with Crippen molar-refractivity contribution in [3.8, 4) is 0 Å². The molecule has 0 saturated carbocycles. The van der Waals surface area contributed by atoms with Gasteiger partial charge in [-0.2, -0.15) is 0 Å². The highest BCUT2D eigenvalue weighted by Crippen LogP contribution is 2.31. The monoisotopic (exact) mass is 384 g/mol. The molecular formula is C21H28N4OS. The first-order valence-corrected chi connectivity index (χ1v) is 10.8. The van der Waals surface area contributed by atoms with Crippen molar-refractivity contribution in [3.05, 3.63) is 51.0 Å². The first-order chi connectivity index (χ1) is 13.2. The summed E-state index contributed by atoms with van der Waals surface area (Å²) < 4.78 is 0. The van der Waals surface area contributed by atoms with E-state index in [9.17, 15) is 4.79 Å². The van der Waals surface area contributed by atoms with Crippen LogP contribution in [-0.4, -0.2) is 46.9 Å². The van der Waals surface area contributed by atoms with Gasteiger partial charge in [-0.05, 0) is 48.9 Å². The van der Waals surface area contributed by atoms with Crippen molar-refractivity contribution in [3.63, 3.8) is 0 Å². The molecule has 27 heavy (non-hydrogen) atoms. The molecule has 1 amide bonds. The van der Waals surface area contributed by atoms with Gasteiger partial charge < -0.3 is 10.6 Å².